The smallest absolute Gasteiger partial charge is 0.335 e. The van der Waals surface area contributed by atoms with E-state index in [1.54, 1.807) is 24.3 Å². The Bertz CT molecular complexity index is 958. The number of H-pyrrole nitrogens is 1. The summed E-state index contributed by atoms with van der Waals surface area (Å²) in [7, 11) is 0. The summed E-state index contributed by atoms with van der Waals surface area (Å²) in [6.45, 7) is 0. The first-order valence-electron chi connectivity index (χ1n) is 7.63. The van der Waals surface area contributed by atoms with Gasteiger partial charge in [0, 0.05) is 5.56 Å². The van der Waals surface area contributed by atoms with E-state index < -0.39 is 24.1 Å². The summed E-state index contributed by atoms with van der Waals surface area (Å²) in [4.78, 5) is 46.4. The lowest BCUT2D eigenvalue weighted by Crippen LogP contribution is -2.39. The van der Waals surface area contributed by atoms with Crippen molar-refractivity contribution in [3.63, 3.8) is 0 Å². The largest absolute Gasteiger partial charge is 0.479 e. The number of aromatic nitrogens is 4. The first-order chi connectivity index (χ1) is 13.3. The molecule has 0 fully saturated rings. The lowest BCUT2D eigenvalue weighted by molar-refractivity contribution is -0.165. The summed E-state index contributed by atoms with van der Waals surface area (Å²) < 4.78 is 0. The molecule has 2 aromatic heterocycles. The van der Waals surface area contributed by atoms with Crippen molar-refractivity contribution in [1.29, 1.82) is 0 Å². The van der Waals surface area contributed by atoms with Crippen molar-refractivity contribution in [2.45, 2.75) is 12.2 Å². The fourth-order valence-electron chi connectivity index (χ4n) is 1.90. The Kier molecular flexibility index (Phi) is 6.68. The molecule has 0 saturated carbocycles. The number of carbonyl (C=O) groups excluding carboxylic acids is 1. The van der Waals surface area contributed by atoms with Crippen LogP contribution in [0.4, 0.5) is 5.82 Å². The molecule has 28 heavy (non-hydrogen) atoms. The number of carboxylic acids is 2. The first-order valence-corrected chi connectivity index (χ1v) is 7.63. The van der Waals surface area contributed by atoms with Crippen LogP contribution in [0.1, 0.15) is 10.4 Å². The van der Waals surface area contributed by atoms with Crippen molar-refractivity contribution in [2.75, 3.05) is 5.32 Å². The fourth-order valence-corrected chi connectivity index (χ4v) is 1.90. The molecule has 0 saturated heterocycles. The molecule has 12 nitrogen and oxygen atoms in total. The summed E-state index contributed by atoms with van der Waals surface area (Å²) in [5, 5.41) is 35.3. The number of amides is 1. The highest BCUT2D eigenvalue weighted by molar-refractivity contribution is 6.06. The Morgan fingerprint density at radius 1 is 0.929 bits per heavy atom. The van der Waals surface area contributed by atoms with Gasteiger partial charge in [-0.3, -0.25) is 4.79 Å². The van der Waals surface area contributed by atoms with Gasteiger partial charge in [0.2, 0.25) is 0 Å². The molecular formula is C16H15N5O7. The Balaban J connectivity index is 0.000000242. The summed E-state index contributed by atoms with van der Waals surface area (Å²) in [5.74, 6) is -3.33. The van der Waals surface area contributed by atoms with Crippen LogP contribution in [-0.4, -0.2) is 70.4 Å². The topological polar surface area (TPSA) is 199 Å². The molecule has 6 N–H and O–H groups in total. The number of aliphatic carboxylic acids is 2. The van der Waals surface area contributed by atoms with Crippen molar-refractivity contribution in [2.24, 2.45) is 0 Å². The molecule has 0 aliphatic carbocycles. The molecule has 0 radical (unpaired) electrons. The lowest BCUT2D eigenvalue weighted by Gasteiger charge is -2.07. The van der Waals surface area contributed by atoms with Crippen LogP contribution >= 0.6 is 0 Å². The number of aliphatic hydroxyl groups is 2. The summed E-state index contributed by atoms with van der Waals surface area (Å²) in [5.41, 5.74) is 1.71. The number of imidazole rings is 1. The Hall–Kier alpha value is -3.90. The average Bonchev–Trinajstić information content (AvgIpc) is 3.17. The molecule has 2 atom stereocenters. The van der Waals surface area contributed by atoms with E-state index in [1.807, 2.05) is 6.07 Å². The number of hydrogen-bond acceptors (Lipinski definition) is 8. The number of aliphatic hydroxyl groups excluding tert-OH is 2. The van der Waals surface area contributed by atoms with Gasteiger partial charge in [0.15, 0.2) is 23.7 Å². The van der Waals surface area contributed by atoms with Gasteiger partial charge in [0.25, 0.3) is 5.91 Å². The van der Waals surface area contributed by atoms with Gasteiger partial charge < -0.3 is 30.7 Å². The van der Waals surface area contributed by atoms with Crippen LogP contribution in [0.5, 0.6) is 0 Å². The van der Waals surface area contributed by atoms with Gasteiger partial charge in [-0.05, 0) is 12.1 Å². The maximum Gasteiger partial charge on any atom is 0.335 e. The van der Waals surface area contributed by atoms with Crippen LogP contribution in [0.25, 0.3) is 11.2 Å². The molecule has 0 bridgehead atoms. The second-order valence-corrected chi connectivity index (χ2v) is 5.21. The van der Waals surface area contributed by atoms with Gasteiger partial charge in [-0.25, -0.2) is 24.5 Å². The minimum absolute atomic E-state index is 0.217. The van der Waals surface area contributed by atoms with Crippen molar-refractivity contribution >= 4 is 34.8 Å². The number of nitrogens with zero attached hydrogens (tertiary/aromatic N) is 3. The molecule has 1 aromatic carbocycles. The van der Waals surface area contributed by atoms with E-state index in [2.05, 4.69) is 25.3 Å². The predicted octanol–water partition coefficient (Wildman–Crippen LogP) is -0.517. The molecule has 2 heterocycles. The SMILES string of the molecule is O=C(Nc1ncnc2nc[nH]c12)c1ccccc1.O=C(O)[C@@H](O)[C@H](O)C(=O)O. The third-order valence-corrected chi connectivity index (χ3v) is 3.30. The Labute approximate surface area is 156 Å². The van der Waals surface area contributed by atoms with E-state index in [0.717, 1.165) is 0 Å². The van der Waals surface area contributed by atoms with Crippen LogP contribution in [0.2, 0.25) is 0 Å². The standard InChI is InChI=1S/C12H9N5O.C4H6O6/c18-12(8-4-2-1-3-5-8)17-11-9-10(14-6-13-9)15-7-16-11;5-1(3(7)8)2(6)4(9)10/h1-7H,(H2,13,14,15,16,17,18);1-2,5-6H,(H,7,8)(H,9,10)/t;1-,2-/m.0/s1. The van der Waals surface area contributed by atoms with Crippen molar-refractivity contribution < 1.29 is 34.8 Å². The van der Waals surface area contributed by atoms with Gasteiger partial charge in [0.05, 0.1) is 6.33 Å². The Morgan fingerprint density at radius 2 is 1.54 bits per heavy atom. The number of fused-ring (bicyclic) bond motifs is 1. The molecule has 0 aliphatic heterocycles. The molecule has 0 unspecified atom stereocenters. The maximum atomic E-state index is 12.0. The minimum atomic E-state index is -2.27. The fraction of sp³-hybridized carbons (Fsp3) is 0.125. The van der Waals surface area contributed by atoms with Crippen LogP contribution < -0.4 is 5.32 Å². The van der Waals surface area contributed by atoms with E-state index in [1.165, 1.54) is 12.7 Å². The van der Waals surface area contributed by atoms with Gasteiger partial charge in [-0.15, -0.1) is 0 Å². The molecule has 12 heteroatoms. The number of nitrogens with one attached hydrogen (secondary N) is 2. The first kappa shape index (κ1) is 20.4. The Morgan fingerprint density at radius 3 is 2.11 bits per heavy atom. The van der Waals surface area contributed by atoms with Crippen LogP contribution in [0.15, 0.2) is 43.0 Å². The molecule has 146 valence electrons. The lowest BCUT2D eigenvalue weighted by atomic mass is 10.2. The van der Waals surface area contributed by atoms with Crippen LogP contribution in [0, 0.1) is 0 Å². The maximum absolute atomic E-state index is 12.0. The van der Waals surface area contributed by atoms with E-state index in [0.29, 0.717) is 22.5 Å². The van der Waals surface area contributed by atoms with E-state index in [-0.39, 0.29) is 5.91 Å². The van der Waals surface area contributed by atoms with E-state index >= 15 is 0 Å². The average molecular weight is 389 g/mol. The van der Waals surface area contributed by atoms with Gasteiger partial charge in [0.1, 0.15) is 11.8 Å². The molecule has 3 rings (SSSR count). The number of anilines is 1. The molecule has 0 spiro atoms. The molecular weight excluding hydrogens is 374 g/mol. The molecule has 1 amide bonds. The highest BCUT2D eigenvalue weighted by Gasteiger charge is 2.29. The normalized spacial score (nSPS) is 12.4. The van der Waals surface area contributed by atoms with Gasteiger partial charge in [-0.2, -0.15) is 0 Å². The second kappa shape index (κ2) is 9.16. The monoisotopic (exact) mass is 389 g/mol. The van der Waals surface area contributed by atoms with Crippen molar-refractivity contribution in [3.05, 3.63) is 48.5 Å². The van der Waals surface area contributed by atoms with Crippen LogP contribution in [-0.2, 0) is 9.59 Å². The molecule has 0 aliphatic rings. The minimum Gasteiger partial charge on any atom is -0.479 e. The zero-order chi connectivity index (χ0) is 20.7. The highest BCUT2D eigenvalue weighted by Crippen LogP contribution is 2.15. The second-order valence-electron chi connectivity index (χ2n) is 5.21. The molecule has 3 aromatic rings. The zero-order valence-corrected chi connectivity index (χ0v) is 14.1. The number of carboxylic acid groups (broad SMARTS) is 2. The summed E-state index contributed by atoms with van der Waals surface area (Å²) in [6.07, 6.45) is -1.66. The summed E-state index contributed by atoms with van der Waals surface area (Å²) in [6, 6.07) is 8.94. The van der Waals surface area contributed by atoms with Crippen molar-refractivity contribution in [3.8, 4) is 0 Å². The van der Waals surface area contributed by atoms with Gasteiger partial charge >= 0.3 is 11.9 Å². The quantitative estimate of drug-likeness (QED) is 0.330. The number of aromatic amines is 1. The van der Waals surface area contributed by atoms with Crippen LogP contribution in [0.3, 0.4) is 0 Å². The third kappa shape index (κ3) is 5.06. The van der Waals surface area contributed by atoms with E-state index in [9.17, 15) is 14.4 Å². The summed E-state index contributed by atoms with van der Waals surface area (Å²) >= 11 is 0. The van der Waals surface area contributed by atoms with Crippen molar-refractivity contribution in [1.82, 2.24) is 19.9 Å². The number of rotatable bonds is 5. The number of carbonyl (C=O) groups is 3. The third-order valence-electron chi connectivity index (χ3n) is 3.30. The number of hydrogen-bond donors (Lipinski definition) is 6. The highest BCUT2D eigenvalue weighted by atomic mass is 16.4. The number of benzene rings is 1. The van der Waals surface area contributed by atoms with Gasteiger partial charge in [-0.1, -0.05) is 18.2 Å². The zero-order valence-electron chi connectivity index (χ0n) is 14.1. The predicted molar refractivity (Wildman–Crippen MR) is 93.4 cm³/mol. The van der Waals surface area contributed by atoms with E-state index in [4.69, 9.17) is 20.4 Å².